The lowest BCUT2D eigenvalue weighted by Gasteiger charge is -2.21. The Balaban J connectivity index is 2.25. The summed E-state index contributed by atoms with van der Waals surface area (Å²) in [5.41, 5.74) is 0.837. The molecule has 2 aromatic carbocycles. The number of anilines is 1. The van der Waals surface area contributed by atoms with Crippen molar-refractivity contribution in [1.29, 1.82) is 0 Å². The predicted molar refractivity (Wildman–Crippen MR) is 84.7 cm³/mol. The molecule has 2 rings (SSSR count). The third-order valence-electron chi connectivity index (χ3n) is 3.46. The molecule has 2 aromatic rings. The van der Waals surface area contributed by atoms with E-state index in [1.807, 2.05) is 6.07 Å². The molecule has 0 saturated carbocycles. The van der Waals surface area contributed by atoms with Gasteiger partial charge in [0.15, 0.2) is 5.82 Å². The number of nitrogens with zero attached hydrogens (tertiary/aromatic N) is 2. The smallest absolute Gasteiger partial charge is 0.272 e. The molecular weight excluding hydrogens is 303 g/mol. The highest BCUT2D eigenvalue weighted by Crippen LogP contribution is 2.29. The molecule has 7 heteroatoms. The van der Waals surface area contributed by atoms with Crippen LogP contribution in [0.2, 0.25) is 0 Å². The molecule has 0 bridgehead atoms. The van der Waals surface area contributed by atoms with E-state index in [0.29, 0.717) is 18.0 Å². The molecule has 0 spiro atoms. The third kappa shape index (κ3) is 3.68. The number of methoxy groups -OCH3 is 2. The van der Waals surface area contributed by atoms with E-state index in [1.54, 1.807) is 38.3 Å². The second kappa shape index (κ2) is 6.95. The van der Waals surface area contributed by atoms with Gasteiger partial charge in [0, 0.05) is 31.3 Å². The maximum Gasteiger partial charge on any atom is 0.272 e. The standard InChI is InChI=1S/C16H17FN2O4/c1-18(15-7-5-12(19(20)21)8-14(15)17)10-11-4-6-13(22-2)9-16(11)23-3/h4-9H,10H2,1-3H3. The van der Waals surface area contributed by atoms with Gasteiger partial charge >= 0.3 is 0 Å². The molecule has 0 radical (unpaired) electrons. The van der Waals surface area contributed by atoms with Gasteiger partial charge in [-0.2, -0.15) is 0 Å². The van der Waals surface area contributed by atoms with Crippen molar-refractivity contribution in [3.05, 3.63) is 57.9 Å². The summed E-state index contributed by atoms with van der Waals surface area (Å²) in [6.45, 7) is 0.377. The number of benzene rings is 2. The number of non-ortho nitro benzene ring substituents is 1. The number of rotatable bonds is 6. The number of nitro benzene ring substituents is 1. The first-order chi connectivity index (χ1) is 11.0. The second-order valence-corrected chi connectivity index (χ2v) is 4.93. The fraction of sp³-hybridized carbons (Fsp3) is 0.250. The zero-order valence-electron chi connectivity index (χ0n) is 13.1. The third-order valence-corrected chi connectivity index (χ3v) is 3.46. The molecule has 0 N–H and O–H groups in total. The summed E-state index contributed by atoms with van der Waals surface area (Å²) in [7, 11) is 4.81. The molecule has 0 aliphatic rings. The van der Waals surface area contributed by atoms with Crippen LogP contribution >= 0.6 is 0 Å². The monoisotopic (exact) mass is 320 g/mol. The van der Waals surface area contributed by atoms with Crippen molar-refractivity contribution in [2.24, 2.45) is 0 Å². The fourth-order valence-corrected chi connectivity index (χ4v) is 2.24. The zero-order valence-corrected chi connectivity index (χ0v) is 13.1. The molecule has 23 heavy (non-hydrogen) atoms. The Morgan fingerprint density at radius 2 is 1.91 bits per heavy atom. The molecule has 0 heterocycles. The number of hydrogen-bond donors (Lipinski definition) is 0. The lowest BCUT2D eigenvalue weighted by Crippen LogP contribution is -2.18. The molecule has 0 amide bonds. The van der Waals surface area contributed by atoms with Gasteiger partial charge in [0.05, 0.1) is 30.9 Å². The van der Waals surface area contributed by atoms with E-state index in [4.69, 9.17) is 9.47 Å². The lowest BCUT2D eigenvalue weighted by molar-refractivity contribution is -0.385. The molecule has 0 aliphatic heterocycles. The van der Waals surface area contributed by atoms with Gasteiger partial charge in [0.1, 0.15) is 11.5 Å². The van der Waals surface area contributed by atoms with E-state index in [-0.39, 0.29) is 11.4 Å². The molecule has 0 unspecified atom stereocenters. The normalized spacial score (nSPS) is 10.3. The Hall–Kier alpha value is -2.83. The van der Waals surface area contributed by atoms with Crippen molar-refractivity contribution in [1.82, 2.24) is 0 Å². The average molecular weight is 320 g/mol. The Bertz CT molecular complexity index is 721. The molecule has 0 atom stereocenters. The molecular formula is C16H17FN2O4. The van der Waals surface area contributed by atoms with Gasteiger partial charge in [-0.1, -0.05) is 0 Å². The van der Waals surface area contributed by atoms with E-state index in [0.717, 1.165) is 11.6 Å². The van der Waals surface area contributed by atoms with Crippen LogP contribution in [0.15, 0.2) is 36.4 Å². The lowest BCUT2D eigenvalue weighted by atomic mass is 10.1. The van der Waals surface area contributed by atoms with Crippen molar-refractivity contribution in [3.8, 4) is 11.5 Å². The van der Waals surface area contributed by atoms with Gasteiger partial charge in [-0.3, -0.25) is 10.1 Å². The largest absolute Gasteiger partial charge is 0.497 e. The molecule has 0 saturated heterocycles. The maximum atomic E-state index is 14.1. The highest BCUT2D eigenvalue weighted by Gasteiger charge is 2.15. The van der Waals surface area contributed by atoms with Crippen LogP contribution in [0.5, 0.6) is 11.5 Å². The van der Waals surface area contributed by atoms with Crippen LogP contribution in [0.1, 0.15) is 5.56 Å². The molecule has 0 aromatic heterocycles. The number of ether oxygens (including phenoxy) is 2. The second-order valence-electron chi connectivity index (χ2n) is 4.93. The van der Waals surface area contributed by atoms with Gasteiger partial charge in [-0.05, 0) is 18.2 Å². The summed E-state index contributed by atoms with van der Waals surface area (Å²) in [5, 5.41) is 10.7. The van der Waals surface area contributed by atoms with Crippen LogP contribution in [0.3, 0.4) is 0 Å². The molecule has 6 nitrogen and oxygen atoms in total. The fourth-order valence-electron chi connectivity index (χ4n) is 2.24. The first-order valence-corrected chi connectivity index (χ1v) is 6.82. The van der Waals surface area contributed by atoms with Gasteiger partial charge in [-0.15, -0.1) is 0 Å². The van der Waals surface area contributed by atoms with Crippen molar-refractivity contribution >= 4 is 11.4 Å². The Morgan fingerprint density at radius 1 is 1.17 bits per heavy atom. The van der Waals surface area contributed by atoms with Crippen LogP contribution in [0, 0.1) is 15.9 Å². The number of halogens is 1. The van der Waals surface area contributed by atoms with Gasteiger partial charge in [0.2, 0.25) is 0 Å². The minimum absolute atomic E-state index is 0.272. The van der Waals surface area contributed by atoms with Crippen LogP contribution in [-0.2, 0) is 6.54 Å². The Kier molecular flexibility index (Phi) is 5.00. The van der Waals surface area contributed by atoms with E-state index in [1.165, 1.54) is 12.1 Å². The predicted octanol–water partition coefficient (Wildman–Crippen LogP) is 3.39. The number of nitro groups is 1. The van der Waals surface area contributed by atoms with Gasteiger partial charge in [0.25, 0.3) is 5.69 Å². The first-order valence-electron chi connectivity index (χ1n) is 6.82. The number of hydrogen-bond acceptors (Lipinski definition) is 5. The average Bonchev–Trinajstić information content (AvgIpc) is 2.54. The van der Waals surface area contributed by atoms with E-state index in [9.17, 15) is 14.5 Å². The maximum absolute atomic E-state index is 14.1. The van der Waals surface area contributed by atoms with E-state index >= 15 is 0 Å². The van der Waals surface area contributed by atoms with Crippen molar-refractivity contribution in [2.75, 3.05) is 26.2 Å². The van der Waals surface area contributed by atoms with Crippen molar-refractivity contribution in [2.45, 2.75) is 6.54 Å². The minimum Gasteiger partial charge on any atom is -0.497 e. The van der Waals surface area contributed by atoms with Gasteiger partial charge < -0.3 is 14.4 Å². The summed E-state index contributed by atoms with van der Waals surface area (Å²) >= 11 is 0. The molecule has 0 aliphatic carbocycles. The highest BCUT2D eigenvalue weighted by molar-refractivity contribution is 5.53. The summed E-state index contributed by atoms with van der Waals surface area (Å²) in [6.07, 6.45) is 0. The van der Waals surface area contributed by atoms with Crippen LogP contribution in [0.25, 0.3) is 0 Å². The quantitative estimate of drug-likeness (QED) is 0.603. The highest BCUT2D eigenvalue weighted by atomic mass is 19.1. The van der Waals surface area contributed by atoms with Crippen molar-refractivity contribution in [3.63, 3.8) is 0 Å². The minimum atomic E-state index is -0.644. The Labute approximate surface area is 133 Å². The van der Waals surface area contributed by atoms with Crippen LogP contribution in [-0.4, -0.2) is 26.2 Å². The van der Waals surface area contributed by atoms with Crippen LogP contribution < -0.4 is 14.4 Å². The molecule has 122 valence electrons. The summed E-state index contributed by atoms with van der Waals surface area (Å²) in [4.78, 5) is 11.7. The zero-order chi connectivity index (χ0) is 17.0. The summed E-state index contributed by atoms with van der Waals surface area (Å²) < 4.78 is 24.5. The van der Waals surface area contributed by atoms with Crippen molar-refractivity contribution < 1.29 is 18.8 Å². The topological polar surface area (TPSA) is 64.8 Å². The first kappa shape index (κ1) is 16.5. The Morgan fingerprint density at radius 3 is 2.48 bits per heavy atom. The van der Waals surface area contributed by atoms with Gasteiger partial charge in [-0.25, -0.2) is 4.39 Å². The van der Waals surface area contributed by atoms with E-state index in [2.05, 4.69) is 0 Å². The molecule has 0 fully saturated rings. The summed E-state index contributed by atoms with van der Waals surface area (Å²) in [5.74, 6) is 0.641. The van der Waals surface area contributed by atoms with Crippen LogP contribution in [0.4, 0.5) is 15.8 Å². The van der Waals surface area contributed by atoms with E-state index < -0.39 is 10.7 Å². The summed E-state index contributed by atoms with van der Waals surface area (Å²) in [6, 6.07) is 8.95. The SMILES string of the molecule is COc1ccc(CN(C)c2ccc([N+](=O)[O-])cc2F)c(OC)c1.